The lowest BCUT2D eigenvalue weighted by Crippen LogP contribution is -2.50. The van der Waals surface area contributed by atoms with Crippen LogP contribution in [0.1, 0.15) is 26.3 Å². The van der Waals surface area contributed by atoms with Crippen LogP contribution in [0.15, 0.2) is 42.5 Å². The number of nitrogens with zero attached hydrogens (tertiary/aromatic N) is 1. The maximum absolute atomic E-state index is 13.0. The molecule has 0 fully saturated rings. The zero-order chi connectivity index (χ0) is 22.3. The van der Waals surface area contributed by atoms with E-state index in [1.54, 1.807) is 56.5 Å². The molecule has 1 atom stereocenters. The van der Waals surface area contributed by atoms with Crippen molar-refractivity contribution in [2.24, 2.45) is 0 Å². The molecule has 162 valence electrons. The minimum absolute atomic E-state index is 0.0440. The summed E-state index contributed by atoms with van der Waals surface area (Å²) >= 11 is 12.1. The number of ether oxygens (including phenoxy) is 2. The molecule has 2 rings (SSSR count). The Hall–Kier alpha value is -2.44. The normalized spacial score (nSPS) is 11.7. The van der Waals surface area contributed by atoms with Gasteiger partial charge in [-0.2, -0.15) is 0 Å². The first kappa shape index (κ1) is 23.8. The van der Waals surface area contributed by atoms with Gasteiger partial charge >= 0.3 is 0 Å². The Labute approximate surface area is 187 Å². The third kappa shape index (κ3) is 6.82. The zero-order valence-electron chi connectivity index (χ0n) is 17.4. The number of nitrogens with one attached hydrogen (secondary N) is 1. The Kier molecular flexibility index (Phi) is 8.81. The molecular formula is C22H26Cl2N2O4. The van der Waals surface area contributed by atoms with Crippen molar-refractivity contribution in [2.45, 2.75) is 39.4 Å². The van der Waals surface area contributed by atoms with Crippen molar-refractivity contribution in [1.82, 2.24) is 10.2 Å². The number of rotatable bonds is 9. The molecule has 8 heteroatoms. The van der Waals surface area contributed by atoms with Crippen LogP contribution in [0.5, 0.6) is 11.5 Å². The molecule has 0 radical (unpaired) electrons. The smallest absolute Gasteiger partial charge is 0.261 e. The maximum Gasteiger partial charge on any atom is 0.261 e. The predicted molar refractivity (Wildman–Crippen MR) is 118 cm³/mol. The number of hydrogen-bond acceptors (Lipinski definition) is 4. The van der Waals surface area contributed by atoms with Gasteiger partial charge in [-0.25, -0.2) is 0 Å². The number of hydrogen-bond donors (Lipinski definition) is 1. The summed E-state index contributed by atoms with van der Waals surface area (Å²) in [7, 11) is 1.57. The van der Waals surface area contributed by atoms with Gasteiger partial charge in [-0.05, 0) is 62.7 Å². The molecule has 0 unspecified atom stereocenters. The third-order valence-corrected chi connectivity index (χ3v) is 5.10. The second-order valence-corrected chi connectivity index (χ2v) is 7.89. The fourth-order valence-electron chi connectivity index (χ4n) is 2.72. The number of benzene rings is 2. The lowest BCUT2D eigenvalue weighted by Gasteiger charge is -2.29. The molecule has 2 amide bonds. The quantitative estimate of drug-likeness (QED) is 0.614. The van der Waals surface area contributed by atoms with Crippen molar-refractivity contribution in [3.8, 4) is 11.5 Å². The number of carbonyl (C=O) groups excluding carboxylic acids is 2. The van der Waals surface area contributed by atoms with Crippen molar-refractivity contribution in [2.75, 3.05) is 13.7 Å². The molecule has 0 saturated carbocycles. The van der Waals surface area contributed by atoms with Crippen LogP contribution in [0.2, 0.25) is 10.0 Å². The van der Waals surface area contributed by atoms with Gasteiger partial charge in [0.15, 0.2) is 6.61 Å². The summed E-state index contributed by atoms with van der Waals surface area (Å²) in [6.45, 7) is 5.38. The molecule has 0 bridgehead atoms. The van der Waals surface area contributed by atoms with E-state index in [-0.39, 0.29) is 31.0 Å². The number of amides is 2. The van der Waals surface area contributed by atoms with Gasteiger partial charge in [0.2, 0.25) is 5.91 Å². The summed E-state index contributed by atoms with van der Waals surface area (Å²) in [6.07, 6.45) is 0. The maximum atomic E-state index is 13.0. The van der Waals surface area contributed by atoms with Crippen molar-refractivity contribution in [3.63, 3.8) is 0 Å². The van der Waals surface area contributed by atoms with E-state index in [0.717, 1.165) is 5.56 Å². The van der Waals surface area contributed by atoms with Crippen LogP contribution < -0.4 is 14.8 Å². The fraction of sp³-hybridized carbons (Fsp3) is 0.364. The molecule has 30 heavy (non-hydrogen) atoms. The summed E-state index contributed by atoms with van der Waals surface area (Å²) in [5.74, 6) is 0.637. The molecule has 0 spiro atoms. The highest BCUT2D eigenvalue weighted by Gasteiger charge is 2.27. The first-order valence-electron chi connectivity index (χ1n) is 9.52. The van der Waals surface area contributed by atoms with E-state index in [4.69, 9.17) is 32.7 Å². The zero-order valence-corrected chi connectivity index (χ0v) is 19.0. The van der Waals surface area contributed by atoms with Crippen LogP contribution in [0, 0.1) is 0 Å². The van der Waals surface area contributed by atoms with Gasteiger partial charge in [-0.3, -0.25) is 9.59 Å². The van der Waals surface area contributed by atoms with Crippen molar-refractivity contribution in [3.05, 3.63) is 58.1 Å². The molecule has 1 N–H and O–H groups in total. The SMILES string of the molecule is COc1ccc(OCC(=O)N(Cc2ccc(Cl)c(Cl)c2)[C@H](C)C(=O)NC(C)C)cc1. The average Bonchev–Trinajstić information content (AvgIpc) is 2.72. The van der Waals surface area contributed by atoms with Gasteiger partial charge in [-0.1, -0.05) is 29.3 Å². The highest BCUT2D eigenvalue weighted by molar-refractivity contribution is 6.42. The second-order valence-electron chi connectivity index (χ2n) is 7.07. The molecule has 0 aromatic heterocycles. The van der Waals surface area contributed by atoms with E-state index in [0.29, 0.717) is 21.5 Å². The van der Waals surface area contributed by atoms with E-state index < -0.39 is 6.04 Å². The van der Waals surface area contributed by atoms with Crippen LogP contribution in [-0.4, -0.2) is 42.5 Å². The third-order valence-electron chi connectivity index (χ3n) is 4.36. The second kappa shape index (κ2) is 11.1. The van der Waals surface area contributed by atoms with E-state index in [1.807, 2.05) is 13.8 Å². The summed E-state index contributed by atoms with van der Waals surface area (Å²) in [4.78, 5) is 27.0. The highest BCUT2D eigenvalue weighted by Crippen LogP contribution is 2.24. The van der Waals surface area contributed by atoms with Gasteiger partial charge in [-0.15, -0.1) is 0 Å². The Balaban J connectivity index is 2.16. The van der Waals surface area contributed by atoms with E-state index >= 15 is 0 Å². The molecule has 0 heterocycles. The summed E-state index contributed by atoms with van der Waals surface area (Å²) in [5.41, 5.74) is 0.756. The Morgan fingerprint density at radius 2 is 1.63 bits per heavy atom. The van der Waals surface area contributed by atoms with Crippen molar-refractivity contribution < 1.29 is 19.1 Å². The van der Waals surface area contributed by atoms with E-state index in [2.05, 4.69) is 5.32 Å². The monoisotopic (exact) mass is 452 g/mol. The fourth-order valence-corrected chi connectivity index (χ4v) is 3.04. The molecule has 2 aromatic rings. The van der Waals surface area contributed by atoms with Crippen LogP contribution >= 0.6 is 23.2 Å². The van der Waals surface area contributed by atoms with Crippen LogP contribution in [0.4, 0.5) is 0 Å². The van der Waals surface area contributed by atoms with Crippen molar-refractivity contribution >= 4 is 35.0 Å². The van der Waals surface area contributed by atoms with E-state index in [9.17, 15) is 9.59 Å². The molecule has 0 aliphatic carbocycles. The minimum atomic E-state index is -0.700. The Morgan fingerprint density at radius 1 is 1.00 bits per heavy atom. The minimum Gasteiger partial charge on any atom is -0.497 e. The number of halogens is 2. The average molecular weight is 453 g/mol. The Morgan fingerprint density at radius 3 is 2.20 bits per heavy atom. The summed E-state index contributed by atoms with van der Waals surface area (Å²) in [6, 6.07) is 11.3. The standard InChI is InChI=1S/C22H26Cl2N2O4/c1-14(2)25-22(28)15(3)26(12-16-5-10-19(23)20(24)11-16)21(27)13-30-18-8-6-17(29-4)7-9-18/h5-11,14-15H,12-13H2,1-4H3,(H,25,28)/t15-/m1/s1. The lowest BCUT2D eigenvalue weighted by atomic mass is 10.1. The molecule has 0 aliphatic heterocycles. The molecule has 2 aromatic carbocycles. The van der Waals surface area contributed by atoms with Gasteiger partial charge in [0.1, 0.15) is 17.5 Å². The van der Waals surface area contributed by atoms with Crippen LogP contribution in [0.3, 0.4) is 0 Å². The molecule has 0 saturated heterocycles. The predicted octanol–water partition coefficient (Wildman–Crippen LogP) is 4.32. The summed E-state index contributed by atoms with van der Waals surface area (Å²) < 4.78 is 10.7. The van der Waals surface area contributed by atoms with Gasteiger partial charge in [0.05, 0.1) is 17.2 Å². The topological polar surface area (TPSA) is 67.9 Å². The van der Waals surface area contributed by atoms with Crippen molar-refractivity contribution in [1.29, 1.82) is 0 Å². The highest BCUT2D eigenvalue weighted by atomic mass is 35.5. The van der Waals surface area contributed by atoms with Gasteiger partial charge in [0.25, 0.3) is 5.91 Å². The Bertz CT molecular complexity index is 872. The first-order valence-corrected chi connectivity index (χ1v) is 10.3. The number of carbonyl (C=O) groups is 2. The largest absolute Gasteiger partial charge is 0.497 e. The van der Waals surface area contributed by atoms with E-state index in [1.165, 1.54) is 4.90 Å². The molecule has 0 aliphatic rings. The summed E-state index contributed by atoms with van der Waals surface area (Å²) in [5, 5.41) is 3.64. The van der Waals surface area contributed by atoms with Gasteiger partial charge < -0.3 is 19.7 Å². The molecule has 6 nitrogen and oxygen atoms in total. The molecular weight excluding hydrogens is 427 g/mol. The van der Waals surface area contributed by atoms with Gasteiger partial charge in [0, 0.05) is 12.6 Å². The van der Waals surface area contributed by atoms with Crippen LogP contribution in [0.25, 0.3) is 0 Å². The first-order chi connectivity index (χ1) is 14.2. The lowest BCUT2D eigenvalue weighted by molar-refractivity contribution is -0.142. The number of methoxy groups -OCH3 is 1. The van der Waals surface area contributed by atoms with Crippen LogP contribution in [-0.2, 0) is 16.1 Å².